The maximum absolute atomic E-state index is 10.9. The molecule has 0 spiro atoms. The highest BCUT2D eigenvalue weighted by atomic mass is 16.5. The van der Waals surface area contributed by atoms with E-state index in [0.29, 0.717) is 6.61 Å². The lowest BCUT2D eigenvalue weighted by Gasteiger charge is -2.11. The Bertz CT molecular complexity index is 822. The van der Waals surface area contributed by atoms with Crippen molar-refractivity contribution in [3.8, 4) is 11.3 Å². The molecule has 0 atom stereocenters. The van der Waals surface area contributed by atoms with Crippen molar-refractivity contribution in [3.05, 3.63) is 54.6 Å². The largest absolute Gasteiger partial charge is 0.466 e. The number of nitrogens with zero attached hydrogens (tertiary/aromatic N) is 1. The Labute approximate surface area is 135 Å². The lowest BCUT2D eigenvalue weighted by atomic mass is 10.1. The van der Waals surface area contributed by atoms with Gasteiger partial charge in [0.15, 0.2) is 0 Å². The van der Waals surface area contributed by atoms with Gasteiger partial charge in [-0.15, -0.1) is 0 Å². The number of aryl methyl sites for hydroxylation is 1. The third-order valence-electron chi connectivity index (χ3n) is 3.83. The Morgan fingerprint density at radius 1 is 1.13 bits per heavy atom. The number of hydrogen-bond acceptors (Lipinski definition) is 3. The highest BCUT2D eigenvalue weighted by Gasteiger charge is 2.10. The minimum absolute atomic E-state index is 0.238. The van der Waals surface area contributed by atoms with Gasteiger partial charge in [-0.2, -0.15) is 0 Å². The summed E-state index contributed by atoms with van der Waals surface area (Å²) >= 11 is 0. The molecule has 118 valence electrons. The van der Waals surface area contributed by atoms with Crippen LogP contribution >= 0.6 is 0 Å². The third-order valence-corrected chi connectivity index (χ3v) is 3.83. The summed E-state index contributed by atoms with van der Waals surface area (Å²) in [5, 5.41) is 1.12. The Balaban J connectivity index is 1.97. The number of carbonyl (C=O) groups is 1. The summed E-state index contributed by atoms with van der Waals surface area (Å²) in [4.78, 5) is 10.9. The minimum atomic E-state index is -0.238. The summed E-state index contributed by atoms with van der Waals surface area (Å²) in [5.74, 6) is -0.238. The molecule has 0 bridgehead atoms. The second-order valence-corrected chi connectivity index (χ2v) is 5.56. The van der Waals surface area contributed by atoms with E-state index < -0.39 is 0 Å². The van der Waals surface area contributed by atoms with Crippen LogP contribution in [-0.4, -0.2) is 17.1 Å². The molecule has 1 aromatic heterocycles. The van der Waals surface area contributed by atoms with Crippen LogP contribution in [0.3, 0.4) is 0 Å². The van der Waals surface area contributed by atoms with E-state index in [1.165, 1.54) is 6.92 Å². The normalized spacial score (nSPS) is 10.8. The van der Waals surface area contributed by atoms with E-state index in [1.54, 1.807) is 0 Å². The smallest absolute Gasteiger partial charge is 0.302 e. The van der Waals surface area contributed by atoms with Crippen LogP contribution in [0.1, 0.15) is 13.3 Å². The van der Waals surface area contributed by atoms with E-state index in [1.807, 2.05) is 36.4 Å². The molecule has 3 rings (SSSR count). The monoisotopic (exact) mass is 308 g/mol. The molecule has 1 heterocycles. The first-order chi connectivity index (χ1) is 11.1. The lowest BCUT2D eigenvalue weighted by Crippen LogP contribution is -2.06. The Hall–Kier alpha value is -2.75. The van der Waals surface area contributed by atoms with Crippen LogP contribution in [0.25, 0.3) is 22.2 Å². The van der Waals surface area contributed by atoms with Crippen molar-refractivity contribution in [1.29, 1.82) is 0 Å². The zero-order chi connectivity index (χ0) is 16.2. The SMILES string of the molecule is CC(=O)OCCCn1c(-c2ccccc2)cc2cc(N)ccc21. The van der Waals surface area contributed by atoms with E-state index in [-0.39, 0.29) is 5.97 Å². The summed E-state index contributed by atoms with van der Waals surface area (Å²) < 4.78 is 7.30. The highest BCUT2D eigenvalue weighted by molar-refractivity contribution is 5.89. The molecule has 23 heavy (non-hydrogen) atoms. The molecule has 0 amide bonds. The molecular formula is C19H20N2O2. The molecule has 0 radical (unpaired) electrons. The van der Waals surface area contributed by atoms with Gasteiger partial charge in [0.2, 0.25) is 0 Å². The van der Waals surface area contributed by atoms with Crippen LogP contribution in [0.4, 0.5) is 5.69 Å². The van der Waals surface area contributed by atoms with Crippen molar-refractivity contribution in [3.63, 3.8) is 0 Å². The summed E-state index contributed by atoms with van der Waals surface area (Å²) in [5.41, 5.74) is 10.1. The van der Waals surface area contributed by atoms with Crippen LogP contribution in [0.2, 0.25) is 0 Å². The summed E-state index contributed by atoms with van der Waals surface area (Å²) in [6, 6.07) is 18.4. The van der Waals surface area contributed by atoms with Gasteiger partial charge in [0, 0.05) is 35.8 Å². The predicted octanol–water partition coefficient (Wildman–Crippen LogP) is 3.84. The quantitative estimate of drug-likeness (QED) is 0.442. The lowest BCUT2D eigenvalue weighted by molar-refractivity contribution is -0.141. The van der Waals surface area contributed by atoms with Gasteiger partial charge in [-0.25, -0.2) is 0 Å². The summed E-state index contributed by atoms with van der Waals surface area (Å²) in [6.45, 7) is 2.65. The van der Waals surface area contributed by atoms with E-state index in [0.717, 1.165) is 40.8 Å². The van der Waals surface area contributed by atoms with Gasteiger partial charge in [-0.05, 0) is 36.2 Å². The average molecular weight is 308 g/mol. The number of nitrogens with two attached hydrogens (primary N) is 1. The Kier molecular flexibility index (Phi) is 4.33. The number of fused-ring (bicyclic) bond motifs is 1. The summed E-state index contributed by atoms with van der Waals surface area (Å²) in [7, 11) is 0. The standard InChI is InChI=1S/C19H20N2O2/c1-14(22)23-11-5-10-21-18-9-8-17(20)12-16(18)13-19(21)15-6-3-2-4-7-15/h2-4,6-9,12-13H,5,10-11,20H2,1H3. The van der Waals surface area contributed by atoms with Gasteiger partial charge in [-0.3, -0.25) is 4.79 Å². The number of rotatable bonds is 5. The second-order valence-electron chi connectivity index (χ2n) is 5.56. The van der Waals surface area contributed by atoms with Crippen molar-refractivity contribution in [2.45, 2.75) is 19.9 Å². The number of hydrogen-bond donors (Lipinski definition) is 1. The van der Waals surface area contributed by atoms with Crippen molar-refractivity contribution < 1.29 is 9.53 Å². The molecule has 0 aliphatic carbocycles. The maximum atomic E-state index is 10.9. The number of benzene rings is 2. The maximum Gasteiger partial charge on any atom is 0.302 e. The van der Waals surface area contributed by atoms with Crippen molar-refractivity contribution >= 4 is 22.6 Å². The number of nitrogen functional groups attached to an aromatic ring is 1. The van der Waals surface area contributed by atoms with Crippen LogP contribution < -0.4 is 5.73 Å². The third kappa shape index (κ3) is 3.37. The van der Waals surface area contributed by atoms with E-state index in [2.05, 4.69) is 22.8 Å². The topological polar surface area (TPSA) is 57.2 Å². The number of carbonyl (C=O) groups excluding carboxylic acids is 1. The van der Waals surface area contributed by atoms with Crippen LogP contribution in [-0.2, 0) is 16.1 Å². The van der Waals surface area contributed by atoms with E-state index in [9.17, 15) is 4.79 Å². The molecule has 0 saturated heterocycles. The molecule has 2 N–H and O–H groups in total. The number of ether oxygens (including phenoxy) is 1. The summed E-state index contributed by atoms with van der Waals surface area (Å²) in [6.07, 6.45) is 0.771. The van der Waals surface area contributed by atoms with Crippen molar-refractivity contribution in [1.82, 2.24) is 4.57 Å². The molecule has 3 aromatic rings. The van der Waals surface area contributed by atoms with Gasteiger partial charge in [0.05, 0.1) is 6.61 Å². The Morgan fingerprint density at radius 2 is 1.91 bits per heavy atom. The van der Waals surface area contributed by atoms with Gasteiger partial charge in [-0.1, -0.05) is 30.3 Å². The molecule has 0 aliphatic rings. The van der Waals surface area contributed by atoms with Crippen molar-refractivity contribution in [2.24, 2.45) is 0 Å². The molecule has 2 aromatic carbocycles. The molecular weight excluding hydrogens is 288 g/mol. The van der Waals surface area contributed by atoms with Crippen LogP contribution in [0.5, 0.6) is 0 Å². The zero-order valence-corrected chi connectivity index (χ0v) is 13.2. The van der Waals surface area contributed by atoms with Gasteiger partial charge < -0.3 is 15.0 Å². The fourth-order valence-electron chi connectivity index (χ4n) is 2.82. The highest BCUT2D eigenvalue weighted by Crippen LogP contribution is 2.29. The molecule has 4 nitrogen and oxygen atoms in total. The number of aromatic nitrogens is 1. The first-order valence-electron chi connectivity index (χ1n) is 7.73. The molecule has 0 unspecified atom stereocenters. The molecule has 4 heteroatoms. The molecule has 0 fully saturated rings. The van der Waals surface area contributed by atoms with Gasteiger partial charge >= 0.3 is 5.97 Å². The van der Waals surface area contributed by atoms with Crippen LogP contribution in [0.15, 0.2) is 54.6 Å². The Morgan fingerprint density at radius 3 is 2.65 bits per heavy atom. The molecule has 0 aliphatic heterocycles. The first kappa shape index (κ1) is 15.2. The van der Waals surface area contributed by atoms with E-state index >= 15 is 0 Å². The number of esters is 1. The van der Waals surface area contributed by atoms with Crippen LogP contribution in [0, 0.1) is 0 Å². The van der Waals surface area contributed by atoms with Gasteiger partial charge in [0.1, 0.15) is 0 Å². The fourth-order valence-corrected chi connectivity index (χ4v) is 2.82. The zero-order valence-electron chi connectivity index (χ0n) is 13.2. The van der Waals surface area contributed by atoms with Gasteiger partial charge in [0.25, 0.3) is 0 Å². The molecule has 0 saturated carbocycles. The first-order valence-corrected chi connectivity index (χ1v) is 7.73. The minimum Gasteiger partial charge on any atom is -0.466 e. The van der Waals surface area contributed by atoms with Crippen molar-refractivity contribution in [2.75, 3.05) is 12.3 Å². The number of anilines is 1. The predicted molar refractivity (Wildman–Crippen MR) is 93.0 cm³/mol. The fraction of sp³-hybridized carbons (Fsp3) is 0.211. The second kappa shape index (κ2) is 6.57. The van der Waals surface area contributed by atoms with E-state index in [4.69, 9.17) is 10.5 Å². The average Bonchev–Trinajstić information content (AvgIpc) is 2.90.